The molecule has 0 spiro atoms. The van der Waals surface area contributed by atoms with Crippen LogP contribution in [0.25, 0.3) is 76.4 Å². The summed E-state index contributed by atoms with van der Waals surface area (Å²) in [6, 6.07) is 72.6. The first-order valence-electron chi connectivity index (χ1n) is 19.7. The predicted octanol–water partition coefficient (Wildman–Crippen LogP) is 8.43. The highest BCUT2D eigenvalue weighted by molar-refractivity contribution is 7.13. The van der Waals surface area contributed by atoms with Crippen LogP contribution in [0.5, 0.6) is 0 Å². The number of hydrogen-bond acceptors (Lipinski definition) is 0. The molecule has 0 radical (unpaired) electrons. The summed E-state index contributed by atoms with van der Waals surface area (Å²) in [5, 5.41) is 10.5. The van der Waals surface area contributed by atoms with Crippen molar-refractivity contribution in [1.29, 1.82) is 0 Å². The lowest BCUT2D eigenvalue weighted by atomic mass is 9.20. The van der Waals surface area contributed by atoms with Crippen molar-refractivity contribution in [3.8, 4) is 5.69 Å². The van der Waals surface area contributed by atoms with Crippen molar-refractivity contribution in [2.75, 3.05) is 0 Å². The van der Waals surface area contributed by atoms with E-state index in [9.17, 15) is 0 Å². The van der Waals surface area contributed by atoms with Crippen LogP contribution in [0.4, 0.5) is 0 Å². The van der Waals surface area contributed by atoms with Gasteiger partial charge in [0.2, 0.25) is 13.4 Å². The average Bonchev–Trinajstić information content (AvgIpc) is 3.61. The molecular formula is C52H32B2N2. The molecule has 12 aromatic rings. The maximum Gasteiger partial charge on any atom is 0.240 e. The third-order valence-electron chi connectivity index (χ3n) is 12.8. The lowest BCUT2D eigenvalue weighted by Gasteiger charge is -2.35. The Kier molecular flexibility index (Phi) is 6.09. The van der Waals surface area contributed by atoms with Crippen LogP contribution in [-0.2, 0) is 0 Å². The van der Waals surface area contributed by atoms with Crippen molar-refractivity contribution < 1.29 is 0 Å². The molecule has 0 amide bonds. The molecule has 0 saturated heterocycles. The average molecular weight is 706 g/mol. The molecule has 56 heavy (non-hydrogen) atoms. The molecule has 0 saturated carbocycles. The fourth-order valence-electron chi connectivity index (χ4n) is 10.8. The van der Waals surface area contributed by atoms with Crippen LogP contribution >= 0.6 is 0 Å². The second-order valence-electron chi connectivity index (χ2n) is 15.5. The third-order valence-corrected chi connectivity index (χ3v) is 12.8. The van der Waals surface area contributed by atoms with Crippen molar-refractivity contribution in [3.05, 3.63) is 194 Å². The van der Waals surface area contributed by atoms with Gasteiger partial charge in [-0.2, -0.15) is 0 Å². The highest BCUT2D eigenvalue weighted by Crippen LogP contribution is 2.45. The highest BCUT2D eigenvalue weighted by Gasteiger charge is 2.41. The summed E-state index contributed by atoms with van der Waals surface area (Å²) in [7, 11) is 0. The van der Waals surface area contributed by atoms with Gasteiger partial charge in [0.05, 0.1) is 27.6 Å². The topological polar surface area (TPSA) is 9.34 Å². The minimum Gasteiger partial charge on any atom is -0.306 e. The van der Waals surface area contributed by atoms with Gasteiger partial charge in [-0.25, -0.2) is 0 Å². The minimum absolute atomic E-state index is 0.0753. The van der Waals surface area contributed by atoms with Gasteiger partial charge in [-0.1, -0.05) is 203 Å². The maximum atomic E-state index is 2.58. The highest BCUT2D eigenvalue weighted by atomic mass is 15.0. The fraction of sp³-hybridized carbons (Fsp3) is 0. The van der Waals surface area contributed by atoms with Crippen molar-refractivity contribution in [2.45, 2.75) is 0 Å². The molecule has 0 unspecified atom stereocenters. The Balaban J connectivity index is 1.33. The number of fused-ring (bicyclic) bond motifs is 11. The summed E-state index contributed by atoms with van der Waals surface area (Å²) in [5.41, 5.74) is 15.6. The molecule has 1 aliphatic rings. The van der Waals surface area contributed by atoms with Crippen LogP contribution in [0, 0.1) is 0 Å². The smallest absolute Gasteiger partial charge is 0.240 e. The van der Waals surface area contributed by atoms with Gasteiger partial charge in [-0.15, -0.1) is 0 Å². The van der Waals surface area contributed by atoms with Gasteiger partial charge in [0.25, 0.3) is 0 Å². The summed E-state index contributed by atoms with van der Waals surface area (Å²) in [6.07, 6.45) is 0. The van der Waals surface area contributed by atoms with Crippen LogP contribution in [0.1, 0.15) is 0 Å². The Morgan fingerprint density at radius 1 is 0.304 bits per heavy atom. The molecule has 0 N–H and O–H groups in total. The van der Waals surface area contributed by atoms with Crippen molar-refractivity contribution in [1.82, 2.24) is 8.97 Å². The quantitative estimate of drug-likeness (QED) is 0.0992. The Hall–Kier alpha value is -7.03. The Morgan fingerprint density at radius 3 is 1.38 bits per heavy atom. The molecule has 3 heterocycles. The first-order chi connectivity index (χ1) is 27.9. The second-order valence-corrected chi connectivity index (χ2v) is 15.5. The summed E-state index contributed by atoms with van der Waals surface area (Å²) in [5.74, 6) is 0. The van der Waals surface area contributed by atoms with Crippen LogP contribution < -0.4 is 32.8 Å². The minimum atomic E-state index is 0.0753. The normalized spacial score (nSPS) is 12.9. The zero-order chi connectivity index (χ0) is 36.5. The van der Waals surface area contributed by atoms with E-state index < -0.39 is 0 Å². The van der Waals surface area contributed by atoms with E-state index in [1.807, 2.05) is 0 Å². The molecular weight excluding hydrogens is 674 g/mol. The van der Waals surface area contributed by atoms with Gasteiger partial charge in [0, 0.05) is 27.2 Å². The van der Waals surface area contributed by atoms with E-state index in [-0.39, 0.29) is 13.4 Å². The molecule has 10 aromatic carbocycles. The summed E-state index contributed by atoms with van der Waals surface area (Å²) < 4.78 is 5.13. The van der Waals surface area contributed by atoms with Crippen molar-refractivity contribution in [3.63, 3.8) is 0 Å². The fourth-order valence-corrected chi connectivity index (χ4v) is 10.8. The second kappa shape index (κ2) is 11.3. The Bertz CT molecular complexity index is 3530. The first-order valence-corrected chi connectivity index (χ1v) is 19.7. The summed E-state index contributed by atoms with van der Waals surface area (Å²) in [6.45, 7) is 0.152. The number of aromatic nitrogens is 2. The van der Waals surface area contributed by atoms with Gasteiger partial charge in [0.15, 0.2) is 0 Å². The largest absolute Gasteiger partial charge is 0.306 e. The van der Waals surface area contributed by atoms with Crippen molar-refractivity contribution >= 4 is 117 Å². The number of hydrogen-bond donors (Lipinski definition) is 0. The number of rotatable bonds is 3. The molecule has 2 aromatic heterocycles. The van der Waals surface area contributed by atoms with Gasteiger partial charge >= 0.3 is 0 Å². The molecule has 13 rings (SSSR count). The third kappa shape index (κ3) is 3.83. The summed E-state index contributed by atoms with van der Waals surface area (Å²) >= 11 is 0. The van der Waals surface area contributed by atoms with Crippen LogP contribution in [0.15, 0.2) is 194 Å². The van der Waals surface area contributed by atoms with E-state index in [4.69, 9.17) is 0 Å². The number of para-hydroxylation sites is 3. The monoisotopic (exact) mass is 706 g/mol. The van der Waals surface area contributed by atoms with E-state index in [1.165, 1.54) is 103 Å². The van der Waals surface area contributed by atoms with E-state index >= 15 is 0 Å². The number of benzene rings is 10. The lowest BCUT2D eigenvalue weighted by molar-refractivity contribution is 1.15. The summed E-state index contributed by atoms with van der Waals surface area (Å²) in [4.78, 5) is 0. The molecule has 2 nitrogen and oxygen atoms in total. The maximum absolute atomic E-state index is 2.58. The zero-order valence-electron chi connectivity index (χ0n) is 30.5. The standard InChI is InChI=1S/C52H32B2N2/c1-4-17-33(18-5-1)53-42-29-11-12-30-43(42)54(34-19-6-2-7-20-34)49-39-26-15-28-41-47(39)46-38(48(49)53)25-14-27-40(46)51-52(41)56-44-31-13-10-23-36(44)37-24-16-32-45(50(37)56)55(51)35-21-8-3-9-22-35/h1-32H. The van der Waals surface area contributed by atoms with Crippen LogP contribution in [0.3, 0.4) is 0 Å². The van der Waals surface area contributed by atoms with E-state index in [0.29, 0.717) is 0 Å². The number of nitrogens with zero attached hydrogens (tertiary/aromatic N) is 2. The van der Waals surface area contributed by atoms with Gasteiger partial charge in [-0.05, 0) is 45.8 Å². The van der Waals surface area contributed by atoms with E-state index in [2.05, 4.69) is 203 Å². The van der Waals surface area contributed by atoms with Crippen LogP contribution in [0.2, 0.25) is 0 Å². The van der Waals surface area contributed by atoms with E-state index in [1.54, 1.807) is 0 Å². The Labute approximate surface area is 324 Å². The predicted molar refractivity (Wildman–Crippen MR) is 242 cm³/mol. The molecule has 0 fully saturated rings. The SMILES string of the molecule is c1ccc(B2c3ccccc3B(c3ccccc3)c3c2c2cccc4c2c2c3cccc2c2c4n(-c3ccccc3)c3cccc4c5ccccc5n2c43)cc1. The van der Waals surface area contributed by atoms with Gasteiger partial charge in [0.1, 0.15) is 0 Å². The molecule has 4 heteroatoms. The zero-order valence-corrected chi connectivity index (χ0v) is 30.5. The molecule has 1 aliphatic heterocycles. The first kappa shape index (κ1) is 30.3. The van der Waals surface area contributed by atoms with E-state index in [0.717, 1.165) is 5.69 Å². The van der Waals surface area contributed by atoms with Gasteiger partial charge in [-0.3, -0.25) is 0 Å². The van der Waals surface area contributed by atoms with Crippen molar-refractivity contribution in [2.24, 2.45) is 0 Å². The molecule has 0 aliphatic carbocycles. The van der Waals surface area contributed by atoms with Crippen LogP contribution in [-0.4, -0.2) is 22.4 Å². The molecule has 256 valence electrons. The molecule has 0 bridgehead atoms. The lowest BCUT2D eigenvalue weighted by Crippen LogP contribution is -2.75. The molecule has 0 atom stereocenters. The van der Waals surface area contributed by atoms with Gasteiger partial charge < -0.3 is 8.97 Å². The Morgan fingerprint density at radius 2 is 0.750 bits per heavy atom.